The number of rotatable bonds is 4. The molecule has 0 unspecified atom stereocenters. The molecule has 0 fully saturated rings. The van der Waals surface area contributed by atoms with E-state index in [0.717, 1.165) is 29.8 Å². The lowest BCUT2D eigenvalue weighted by atomic mass is 9.92. The number of methoxy groups -OCH3 is 1. The zero-order valence-electron chi connectivity index (χ0n) is 16.2. The van der Waals surface area contributed by atoms with Gasteiger partial charge in [0.2, 0.25) is 5.91 Å². The highest BCUT2D eigenvalue weighted by Crippen LogP contribution is 2.20. The Kier molecular flexibility index (Phi) is 6.45. The highest BCUT2D eigenvalue weighted by molar-refractivity contribution is 5.79. The van der Waals surface area contributed by atoms with Gasteiger partial charge in [-0.2, -0.15) is 0 Å². The minimum atomic E-state index is -0.124. The SMILES string of the molecule is COc1ccc(C[C@H]2CCc3cnnn3COC[C@H](C(C)C)NC2=O)cc1. The second kappa shape index (κ2) is 8.99. The van der Waals surface area contributed by atoms with Crippen LogP contribution in [0.25, 0.3) is 0 Å². The number of carbonyl (C=O) groups is 1. The van der Waals surface area contributed by atoms with E-state index in [2.05, 4.69) is 29.5 Å². The van der Waals surface area contributed by atoms with Gasteiger partial charge in [0, 0.05) is 5.92 Å². The third kappa shape index (κ3) is 5.07. The fourth-order valence-corrected chi connectivity index (χ4v) is 3.24. The summed E-state index contributed by atoms with van der Waals surface area (Å²) in [6, 6.07) is 7.88. The van der Waals surface area contributed by atoms with Crippen molar-refractivity contribution in [2.75, 3.05) is 13.7 Å². The van der Waals surface area contributed by atoms with Gasteiger partial charge in [-0.25, -0.2) is 4.68 Å². The highest BCUT2D eigenvalue weighted by atomic mass is 16.5. The first-order chi connectivity index (χ1) is 13.1. The first-order valence-electron chi connectivity index (χ1n) is 9.45. The summed E-state index contributed by atoms with van der Waals surface area (Å²) in [4.78, 5) is 13.0. The molecular formula is C20H28N4O3. The maximum atomic E-state index is 13.0. The van der Waals surface area contributed by atoms with Gasteiger partial charge >= 0.3 is 0 Å². The summed E-state index contributed by atoms with van der Waals surface area (Å²) in [5.41, 5.74) is 2.11. The molecule has 7 nitrogen and oxygen atoms in total. The van der Waals surface area contributed by atoms with Crippen LogP contribution in [0.2, 0.25) is 0 Å². The Morgan fingerprint density at radius 2 is 2.11 bits per heavy atom. The number of hydrogen-bond acceptors (Lipinski definition) is 5. The quantitative estimate of drug-likeness (QED) is 0.890. The van der Waals surface area contributed by atoms with Gasteiger partial charge in [0.25, 0.3) is 0 Å². The topological polar surface area (TPSA) is 78.3 Å². The van der Waals surface area contributed by atoms with Crippen molar-refractivity contribution in [3.05, 3.63) is 41.7 Å². The number of carbonyl (C=O) groups excluding carboxylic acids is 1. The van der Waals surface area contributed by atoms with E-state index in [9.17, 15) is 4.79 Å². The molecule has 1 amide bonds. The van der Waals surface area contributed by atoms with Gasteiger partial charge in [-0.15, -0.1) is 5.10 Å². The van der Waals surface area contributed by atoms with Crippen LogP contribution in [0, 0.1) is 11.8 Å². The van der Waals surface area contributed by atoms with Gasteiger partial charge < -0.3 is 14.8 Å². The normalized spacial score (nSPS) is 21.3. The number of benzene rings is 1. The van der Waals surface area contributed by atoms with E-state index in [-0.39, 0.29) is 23.8 Å². The fraction of sp³-hybridized carbons (Fsp3) is 0.550. The number of nitrogens with zero attached hydrogens (tertiary/aromatic N) is 3. The van der Waals surface area contributed by atoms with Crippen molar-refractivity contribution in [2.24, 2.45) is 11.8 Å². The van der Waals surface area contributed by atoms with Crippen molar-refractivity contribution in [2.45, 2.75) is 45.9 Å². The van der Waals surface area contributed by atoms with E-state index in [1.165, 1.54) is 0 Å². The first-order valence-corrected chi connectivity index (χ1v) is 9.45. The smallest absolute Gasteiger partial charge is 0.223 e. The van der Waals surface area contributed by atoms with E-state index < -0.39 is 0 Å². The number of aryl methyl sites for hydroxylation is 1. The number of fused-ring (bicyclic) bond motifs is 1. The molecular weight excluding hydrogens is 344 g/mol. The Morgan fingerprint density at radius 1 is 1.33 bits per heavy atom. The highest BCUT2D eigenvalue weighted by Gasteiger charge is 2.25. The molecule has 146 valence electrons. The van der Waals surface area contributed by atoms with Crippen LogP contribution in [0.3, 0.4) is 0 Å². The lowest BCUT2D eigenvalue weighted by molar-refractivity contribution is -0.126. The van der Waals surface area contributed by atoms with Crippen LogP contribution >= 0.6 is 0 Å². The predicted molar refractivity (Wildman–Crippen MR) is 101 cm³/mol. The molecule has 1 aromatic heterocycles. The summed E-state index contributed by atoms with van der Waals surface area (Å²) in [5, 5.41) is 11.3. The van der Waals surface area contributed by atoms with Crippen molar-refractivity contribution < 1.29 is 14.3 Å². The number of ether oxygens (including phenoxy) is 2. The number of aromatic nitrogens is 3. The molecule has 3 rings (SSSR count). The Labute approximate surface area is 160 Å². The van der Waals surface area contributed by atoms with Crippen LogP contribution in [0.5, 0.6) is 5.75 Å². The Bertz CT molecular complexity index is 742. The summed E-state index contributed by atoms with van der Waals surface area (Å²) in [7, 11) is 1.65. The summed E-state index contributed by atoms with van der Waals surface area (Å²) in [6.07, 6.45) is 3.90. The van der Waals surface area contributed by atoms with Crippen molar-refractivity contribution >= 4 is 5.91 Å². The molecule has 2 heterocycles. The molecule has 0 radical (unpaired) electrons. The van der Waals surface area contributed by atoms with Crippen molar-refractivity contribution in [1.29, 1.82) is 0 Å². The van der Waals surface area contributed by atoms with Gasteiger partial charge in [0.05, 0.1) is 31.6 Å². The number of hydrogen-bond donors (Lipinski definition) is 1. The number of amides is 1. The second-order valence-electron chi connectivity index (χ2n) is 7.37. The van der Waals surface area contributed by atoms with E-state index in [4.69, 9.17) is 9.47 Å². The Morgan fingerprint density at radius 3 is 2.81 bits per heavy atom. The van der Waals surface area contributed by atoms with Crippen LogP contribution in [0.15, 0.2) is 30.5 Å². The molecule has 0 bridgehead atoms. The third-order valence-corrected chi connectivity index (χ3v) is 5.10. The van der Waals surface area contributed by atoms with Crippen LogP contribution in [0.1, 0.15) is 31.5 Å². The molecule has 1 N–H and O–H groups in total. The molecule has 2 atom stereocenters. The predicted octanol–water partition coefficient (Wildman–Crippen LogP) is 2.21. The van der Waals surface area contributed by atoms with Gasteiger partial charge in [0.1, 0.15) is 12.5 Å². The zero-order valence-corrected chi connectivity index (χ0v) is 16.2. The van der Waals surface area contributed by atoms with Crippen LogP contribution in [-0.2, 0) is 29.1 Å². The van der Waals surface area contributed by atoms with Crippen molar-refractivity contribution in [3.63, 3.8) is 0 Å². The van der Waals surface area contributed by atoms with Crippen molar-refractivity contribution in [1.82, 2.24) is 20.3 Å². The molecule has 0 spiro atoms. The van der Waals surface area contributed by atoms with Crippen LogP contribution in [0.4, 0.5) is 0 Å². The largest absolute Gasteiger partial charge is 0.497 e. The van der Waals surface area contributed by atoms with Gasteiger partial charge in [-0.05, 0) is 42.9 Å². The molecule has 2 aromatic rings. The zero-order chi connectivity index (χ0) is 19.2. The van der Waals surface area contributed by atoms with E-state index in [1.807, 2.05) is 24.3 Å². The minimum Gasteiger partial charge on any atom is -0.497 e. The van der Waals surface area contributed by atoms with E-state index in [1.54, 1.807) is 18.0 Å². The lowest BCUT2D eigenvalue weighted by Crippen LogP contribution is -2.45. The standard InChI is InChI=1S/C20H28N4O3/c1-14(2)19-12-27-13-24-17(11-21-23-24)7-6-16(20(25)22-19)10-15-4-8-18(26-3)9-5-15/h4-5,8-9,11,14,16,19H,6-7,10,12-13H2,1-3H3,(H,22,25)/t16-,19-/m1/s1. The fourth-order valence-electron chi connectivity index (χ4n) is 3.24. The molecule has 0 saturated heterocycles. The average Bonchev–Trinajstić information content (AvgIpc) is 3.10. The summed E-state index contributed by atoms with van der Waals surface area (Å²) >= 11 is 0. The van der Waals surface area contributed by atoms with Gasteiger partial charge in [0.15, 0.2) is 0 Å². The minimum absolute atomic E-state index is 0.0269. The number of nitrogens with one attached hydrogen (secondary N) is 1. The average molecular weight is 372 g/mol. The van der Waals surface area contributed by atoms with Gasteiger partial charge in [-0.1, -0.05) is 31.2 Å². The van der Waals surface area contributed by atoms with E-state index >= 15 is 0 Å². The van der Waals surface area contributed by atoms with E-state index in [0.29, 0.717) is 19.8 Å². The molecule has 1 aromatic carbocycles. The monoisotopic (exact) mass is 372 g/mol. The molecule has 1 aliphatic rings. The van der Waals surface area contributed by atoms with Crippen molar-refractivity contribution in [3.8, 4) is 5.75 Å². The third-order valence-electron chi connectivity index (χ3n) is 5.10. The summed E-state index contributed by atoms with van der Waals surface area (Å²) in [6.45, 7) is 5.00. The van der Waals surface area contributed by atoms with Gasteiger partial charge in [-0.3, -0.25) is 4.79 Å². The Balaban J connectivity index is 1.79. The van der Waals surface area contributed by atoms with Crippen LogP contribution < -0.4 is 10.1 Å². The molecule has 7 heteroatoms. The second-order valence-corrected chi connectivity index (χ2v) is 7.37. The maximum absolute atomic E-state index is 13.0. The molecule has 27 heavy (non-hydrogen) atoms. The lowest BCUT2D eigenvalue weighted by Gasteiger charge is -2.25. The van der Waals surface area contributed by atoms with Crippen LogP contribution in [-0.4, -0.2) is 40.7 Å². The molecule has 0 saturated carbocycles. The maximum Gasteiger partial charge on any atom is 0.223 e. The summed E-state index contributed by atoms with van der Waals surface area (Å²) in [5.74, 6) is 1.05. The molecule has 0 aliphatic carbocycles. The summed E-state index contributed by atoms with van der Waals surface area (Å²) < 4.78 is 12.8. The molecule has 1 aliphatic heterocycles. The Hall–Kier alpha value is -2.41. The first kappa shape index (κ1) is 19.4.